The first-order valence-electron chi connectivity index (χ1n) is 18.1. The van der Waals surface area contributed by atoms with Crippen LogP contribution in [0.4, 0.5) is 34.5 Å². The molecule has 0 aliphatic heterocycles. The predicted octanol–water partition coefficient (Wildman–Crippen LogP) is 10.5. The SMILES string of the molecule is Cc1ccc(C)cc1.Cc1nccn1Cc1ccc(Cn2ccnc2C)cc1.Cc1nccn1Cc1ccc(Cn2ccnc2C)cc1.F[B-](F)(F)F.F[B-](F)(F)F.[Ag+].[Ag+]. The molecule has 0 fully saturated rings. The van der Waals surface area contributed by atoms with Crippen molar-refractivity contribution in [2.24, 2.45) is 0 Å². The van der Waals surface area contributed by atoms with Gasteiger partial charge in [-0.3, -0.25) is 0 Å². The van der Waals surface area contributed by atoms with E-state index in [2.05, 4.69) is 125 Å². The Morgan fingerprint density at radius 2 is 0.517 bits per heavy atom. The number of rotatable bonds is 8. The van der Waals surface area contributed by atoms with E-state index < -0.39 is 14.5 Å². The minimum atomic E-state index is -6.00. The van der Waals surface area contributed by atoms with Crippen LogP contribution >= 0.6 is 0 Å². The van der Waals surface area contributed by atoms with Crippen LogP contribution in [-0.4, -0.2) is 52.7 Å². The van der Waals surface area contributed by atoms with Crippen LogP contribution in [-0.2, 0) is 70.9 Å². The van der Waals surface area contributed by atoms with E-state index >= 15 is 0 Å². The average molecular weight is 1030 g/mol. The van der Waals surface area contributed by atoms with E-state index in [4.69, 9.17) is 0 Å². The number of halogens is 8. The van der Waals surface area contributed by atoms with Crippen molar-refractivity contribution >= 4 is 14.5 Å². The number of benzene rings is 3. The Morgan fingerprint density at radius 3 is 0.650 bits per heavy atom. The van der Waals surface area contributed by atoms with E-state index in [1.807, 2.05) is 77.3 Å². The van der Waals surface area contributed by atoms with Crippen LogP contribution in [0.1, 0.15) is 56.7 Å². The maximum Gasteiger partial charge on any atom is 1.00 e. The van der Waals surface area contributed by atoms with Crippen molar-refractivity contribution in [2.45, 2.75) is 67.7 Å². The van der Waals surface area contributed by atoms with Crippen LogP contribution in [0.5, 0.6) is 0 Å². The molecule has 0 N–H and O–H groups in total. The van der Waals surface area contributed by atoms with E-state index in [0.29, 0.717) is 0 Å². The third-order valence-electron chi connectivity index (χ3n) is 8.37. The molecule has 0 saturated heterocycles. The minimum absolute atomic E-state index is 0. The molecule has 0 atom stereocenters. The van der Waals surface area contributed by atoms with Crippen LogP contribution in [0.25, 0.3) is 0 Å². The van der Waals surface area contributed by atoms with Gasteiger partial charge in [-0.05, 0) is 63.8 Å². The molecule has 7 aromatic rings. The van der Waals surface area contributed by atoms with Gasteiger partial charge >= 0.3 is 59.3 Å². The number of aromatic nitrogens is 8. The number of imidazole rings is 4. The molecular weight excluding hydrogens is 982 g/mol. The number of hydrogen-bond donors (Lipinski definition) is 0. The Kier molecular flexibility index (Phi) is 23.2. The molecule has 4 heterocycles. The Bertz CT molecular complexity index is 1930. The topological polar surface area (TPSA) is 71.3 Å². The fourth-order valence-electron chi connectivity index (χ4n) is 5.21. The number of nitrogens with zero attached hydrogens (tertiary/aromatic N) is 8. The van der Waals surface area contributed by atoms with Gasteiger partial charge in [0.2, 0.25) is 0 Å². The molecular formula is C40H46Ag2B2F8N8. The summed E-state index contributed by atoms with van der Waals surface area (Å²) in [6.45, 7) is 15.8. The summed E-state index contributed by atoms with van der Waals surface area (Å²) in [6.07, 6.45) is 15.4. The summed E-state index contributed by atoms with van der Waals surface area (Å²) in [7, 11) is -12.0. The number of hydrogen-bond acceptors (Lipinski definition) is 4. The summed E-state index contributed by atoms with van der Waals surface area (Å²) < 4.78 is 86.6. The normalized spacial score (nSPS) is 10.5. The molecule has 0 saturated carbocycles. The summed E-state index contributed by atoms with van der Waals surface area (Å²) in [5, 5.41) is 0. The molecule has 0 aliphatic carbocycles. The van der Waals surface area contributed by atoms with E-state index in [1.165, 1.54) is 33.4 Å². The molecule has 60 heavy (non-hydrogen) atoms. The van der Waals surface area contributed by atoms with Gasteiger partial charge in [-0.25, -0.2) is 19.9 Å². The molecule has 0 bridgehead atoms. The molecule has 330 valence electrons. The fourth-order valence-corrected chi connectivity index (χ4v) is 5.21. The Labute approximate surface area is 376 Å². The minimum Gasteiger partial charge on any atom is -0.418 e. The van der Waals surface area contributed by atoms with E-state index in [1.54, 1.807) is 0 Å². The second-order valence-corrected chi connectivity index (χ2v) is 13.2. The summed E-state index contributed by atoms with van der Waals surface area (Å²) >= 11 is 0. The quantitative estimate of drug-likeness (QED) is 0.112. The van der Waals surface area contributed by atoms with Crippen molar-refractivity contribution in [3.05, 3.63) is 179 Å². The molecule has 0 amide bonds. The zero-order chi connectivity index (χ0) is 42.9. The zero-order valence-electron chi connectivity index (χ0n) is 33.7. The first kappa shape index (κ1) is 53.6. The maximum atomic E-state index is 9.75. The summed E-state index contributed by atoms with van der Waals surface area (Å²) in [4.78, 5) is 17.0. The third-order valence-corrected chi connectivity index (χ3v) is 8.37. The number of aryl methyl sites for hydroxylation is 6. The van der Waals surface area contributed by atoms with Crippen molar-refractivity contribution in [1.82, 2.24) is 38.2 Å². The van der Waals surface area contributed by atoms with E-state index in [9.17, 15) is 34.5 Å². The van der Waals surface area contributed by atoms with Gasteiger partial charge in [0.15, 0.2) is 0 Å². The predicted molar refractivity (Wildman–Crippen MR) is 213 cm³/mol. The van der Waals surface area contributed by atoms with Crippen LogP contribution in [0.2, 0.25) is 0 Å². The molecule has 0 spiro atoms. The molecule has 8 nitrogen and oxygen atoms in total. The molecule has 0 unspecified atom stereocenters. The zero-order valence-corrected chi connectivity index (χ0v) is 36.7. The maximum absolute atomic E-state index is 9.75. The fraction of sp³-hybridized carbons (Fsp3) is 0.250. The van der Waals surface area contributed by atoms with Crippen LogP contribution in [0, 0.1) is 41.5 Å². The van der Waals surface area contributed by atoms with Gasteiger partial charge in [0.1, 0.15) is 23.3 Å². The monoisotopic (exact) mass is 1030 g/mol. The molecule has 20 heteroatoms. The molecule has 7 rings (SSSR count). The first-order chi connectivity index (χ1) is 27.2. The third kappa shape index (κ3) is 22.2. The first-order valence-corrected chi connectivity index (χ1v) is 18.1. The Hall–Kier alpha value is -4.45. The van der Waals surface area contributed by atoms with Gasteiger partial charge in [0, 0.05) is 75.8 Å². The van der Waals surface area contributed by atoms with E-state index in [-0.39, 0.29) is 44.8 Å². The van der Waals surface area contributed by atoms with Gasteiger partial charge in [0.05, 0.1) is 0 Å². The molecule has 0 radical (unpaired) electrons. The van der Waals surface area contributed by atoms with Crippen LogP contribution in [0.15, 0.2) is 122 Å². The van der Waals surface area contributed by atoms with Crippen molar-refractivity contribution < 1.29 is 79.3 Å². The standard InChI is InChI=1S/2C16H18N4.C8H10.2Ag.2BF4/c2*1-13-17-7-9-19(13)11-15-3-5-16(6-4-15)12-20-10-8-18-14(20)2;1-7-3-5-8(2)6-4-7;;;2*2-1(3,4)5/h2*3-10H,11-12H2,1-2H3;3-6H,1-2H3;;;;/q;;;2*+1;2*-1. The van der Waals surface area contributed by atoms with Crippen molar-refractivity contribution in [2.75, 3.05) is 0 Å². The smallest absolute Gasteiger partial charge is 0.418 e. The van der Waals surface area contributed by atoms with Gasteiger partial charge in [-0.2, -0.15) is 0 Å². The van der Waals surface area contributed by atoms with Crippen LogP contribution < -0.4 is 0 Å². The molecule has 0 aliphatic rings. The summed E-state index contributed by atoms with van der Waals surface area (Å²) in [6, 6.07) is 25.9. The van der Waals surface area contributed by atoms with Gasteiger partial charge in [0.25, 0.3) is 0 Å². The molecule has 4 aromatic heterocycles. The molecule has 3 aromatic carbocycles. The second-order valence-electron chi connectivity index (χ2n) is 13.2. The van der Waals surface area contributed by atoms with Crippen molar-refractivity contribution in [3.8, 4) is 0 Å². The van der Waals surface area contributed by atoms with Gasteiger partial charge < -0.3 is 52.8 Å². The van der Waals surface area contributed by atoms with Crippen molar-refractivity contribution in [3.63, 3.8) is 0 Å². The average Bonchev–Trinajstić information content (AvgIpc) is 3.95. The summed E-state index contributed by atoms with van der Waals surface area (Å²) in [5.41, 5.74) is 7.81. The Morgan fingerprint density at radius 1 is 0.350 bits per heavy atom. The van der Waals surface area contributed by atoms with Gasteiger partial charge in [-0.15, -0.1) is 0 Å². The Balaban J connectivity index is 0.000000420. The largest absolute Gasteiger partial charge is 1.00 e. The second kappa shape index (κ2) is 26.0. The van der Waals surface area contributed by atoms with Gasteiger partial charge in [-0.1, -0.05) is 83.9 Å². The van der Waals surface area contributed by atoms with Crippen molar-refractivity contribution in [1.29, 1.82) is 0 Å². The van der Waals surface area contributed by atoms with Crippen LogP contribution in [0.3, 0.4) is 0 Å². The van der Waals surface area contributed by atoms with E-state index in [0.717, 1.165) is 49.5 Å². The summed E-state index contributed by atoms with van der Waals surface area (Å²) in [5.74, 6) is 4.18.